The summed E-state index contributed by atoms with van der Waals surface area (Å²) in [5.41, 5.74) is 0.905. The van der Waals surface area contributed by atoms with Crippen LogP contribution >= 0.6 is 11.6 Å². The minimum Gasteiger partial charge on any atom is -0.291 e. The second-order valence-electron chi connectivity index (χ2n) is 6.38. The summed E-state index contributed by atoms with van der Waals surface area (Å²) in [7, 11) is -6.05. The molecule has 2 saturated heterocycles. The molecule has 8 heteroatoms. The third-order valence-corrected chi connectivity index (χ3v) is 8.54. The van der Waals surface area contributed by atoms with E-state index in [1.165, 1.54) is 0 Å². The highest BCUT2D eigenvalue weighted by molar-refractivity contribution is 7.92. The van der Waals surface area contributed by atoms with Gasteiger partial charge in [-0.1, -0.05) is 29.8 Å². The van der Waals surface area contributed by atoms with Gasteiger partial charge in [-0.2, -0.15) is 0 Å². The third-order valence-electron chi connectivity index (χ3n) is 4.67. The lowest BCUT2D eigenvalue weighted by molar-refractivity contribution is 0.150. The van der Waals surface area contributed by atoms with Crippen molar-refractivity contribution < 1.29 is 16.8 Å². The molecule has 0 unspecified atom stereocenters. The quantitative estimate of drug-likeness (QED) is 0.795. The second kappa shape index (κ2) is 6.35. The topological polar surface area (TPSA) is 71.5 Å². The first kappa shape index (κ1) is 17.2. The van der Waals surface area contributed by atoms with Crippen LogP contribution in [0.5, 0.6) is 0 Å². The van der Waals surface area contributed by atoms with Crippen molar-refractivity contribution in [3.8, 4) is 0 Å². The molecule has 5 nitrogen and oxygen atoms in total. The molecule has 0 amide bonds. The van der Waals surface area contributed by atoms with E-state index in [-0.39, 0.29) is 35.1 Å². The zero-order chi connectivity index (χ0) is 16.7. The molecule has 2 fully saturated rings. The van der Waals surface area contributed by atoms with E-state index in [0.717, 1.165) is 5.56 Å². The van der Waals surface area contributed by atoms with Gasteiger partial charge in [0.2, 0.25) is 0 Å². The van der Waals surface area contributed by atoms with Crippen molar-refractivity contribution >= 4 is 31.3 Å². The molecule has 0 saturated carbocycles. The van der Waals surface area contributed by atoms with Crippen molar-refractivity contribution in [2.24, 2.45) is 0 Å². The molecular formula is C15H20ClNO4S2. The van der Waals surface area contributed by atoms with Gasteiger partial charge in [-0.25, -0.2) is 16.8 Å². The van der Waals surface area contributed by atoms with Crippen molar-refractivity contribution in [1.82, 2.24) is 4.90 Å². The standard InChI is InChI=1S/C15H20ClNO4S2/c16-15-4-2-1-3-12(15)9-17(13-5-7-22(18,19)10-13)14-6-8-23(20,21)11-14/h1-4,13-14H,5-11H2/t13-,14+. The summed E-state index contributed by atoms with van der Waals surface area (Å²) in [6, 6.07) is 7.17. The number of hydrogen-bond acceptors (Lipinski definition) is 5. The number of nitrogens with zero attached hydrogens (tertiary/aromatic N) is 1. The summed E-state index contributed by atoms with van der Waals surface area (Å²) in [4.78, 5) is 2.05. The van der Waals surface area contributed by atoms with Crippen LogP contribution in [0.15, 0.2) is 24.3 Å². The largest absolute Gasteiger partial charge is 0.291 e. The Kier molecular flexibility index (Phi) is 4.75. The van der Waals surface area contributed by atoms with Crippen LogP contribution in [-0.4, -0.2) is 56.8 Å². The molecule has 1 aromatic rings. The summed E-state index contributed by atoms with van der Waals surface area (Å²) < 4.78 is 47.3. The molecule has 0 bridgehead atoms. The molecule has 2 heterocycles. The lowest BCUT2D eigenvalue weighted by atomic mass is 10.1. The molecule has 0 N–H and O–H groups in total. The maximum Gasteiger partial charge on any atom is 0.151 e. The van der Waals surface area contributed by atoms with Gasteiger partial charge in [0.1, 0.15) is 0 Å². The highest BCUT2D eigenvalue weighted by Crippen LogP contribution is 2.29. The van der Waals surface area contributed by atoms with Crippen molar-refractivity contribution in [3.63, 3.8) is 0 Å². The van der Waals surface area contributed by atoms with Gasteiger partial charge in [-0.3, -0.25) is 4.90 Å². The Labute approximate surface area is 142 Å². The van der Waals surface area contributed by atoms with Crippen LogP contribution in [0.3, 0.4) is 0 Å². The van der Waals surface area contributed by atoms with Crippen LogP contribution in [0, 0.1) is 0 Å². The first-order valence-corrected chi connectivity index (χ1v) is 11.7. The van der Waals surface area contributed by atoms with E-state index in [0.29, 0.717) is 24.4 Å². The normalized spacial score (nSPS) is 29.1. The smallest absolute Gasteiger partial charge is 0.151 e. The van der Waals surface area contributed by atoms with E-state index in [1.54, 1.807) is 6.07 Å². The fourth-order valence-electron chi connectivity index (χ4n) is 3.45. The van der Waals surface area contributed by atoms with Gasteiger partial charge in [-0.05, 0) is 24.5 Å². The molecular weight excluding hydrogens is 358 g/mol. The van der Waals surface area contributed by atoms with Gasteiger partial charge in [0.15, 0.2) is 19.7 Å². The Balaban J connectivity index is 1.86. The van der Waals surface area contributed by atoms with E-state index in [4.69, 9.17) is 11.6 Å². The zero-order valence-electron chi connectivity index (χ0n) is 12.7. The van der Waals surface area contributed by atoms with Gasteiger partial charge in [-0.15, -0.1) is 0 Å². The zero-order valence-corrected chi connectivity index (χ0v) is 15.1. The molecule has 3 rings (SSSR count). The molecule has 128 valence electrons. The molecule has 0 aliphatic carbocycles. The highest BCUT2D eigenvalue weighted by Gasteiger charge is 2.40. The molecule has 23 heavy (non-hydrogen) atoms. The molecule has 2 aliphatic rings. The Hall–Kier alpha value is -0.630. The van der Waals surface area contributed by atoms with E-state index < -0.39 is 19.7 Å². The summed E-state index contributed by atoms with van der Waals surface area (Å²) >= 11 is 6.23. The summed E-state index contributed by atoms with van der Waals surface area (Å²) in [5, 5.41) is 0.624. The fraction of sp³-hybridized carbons (Fsp3) is 0.600. The van der Waals surface area contributed by atoms with Crippen LogP contribution in [0.4, 0.5) is 0 Å². The maximum absolute atomic E-state index is 11.8. The average molecular weight is 378 g/mol. The van der Waals surface area contributed by atoms with Gasteiger partial charge in [0, 0.05) is 23.7 Å². The van der Waals surface area contributed by atoms with Crippen LogP contribution in [0.1, 0.15) is 18.4 Å². The molecule has 2 atom stereocenters. The monoisotopic (exact) mass is 377 g/mol. The molecule has 2 aliphatic heterocycles. The Morgan fingerprint density at radius 1 is 0.957 bits per heavy atom. The van der Waals surface area contributed by atoms with Gasteiger partial charge in [0.25, 0.3) is 0 Å². The van der Waals surface area contributed by atoms with Gasteiger partial charge in [0.05, 0.1) is 23.0 Å². The number of halogens is 1. The Morgan fingerprint density at radius 2 is 1.48 bits per heavy atom. The lowest BCUT2D eigenvalue weighted by Gasteiger charge is -2.33. The minimum absolute atomic E-state index is 0.105. The number of hydrogen-bond donors (Lipinski definition) is 0. The lowest BCUT2D eigenvalue weighted by Crippen LogP contribution is -2.44. The Morgan fingerprint density at radius 3 is 1.91 bits per heavy atom. The molecule has 0 radical (unpaired) electrons. The van der Waals surface area contributed by atoms with Crippen molar-refractivity contribution in [1.29, 1.82) is 0 Å². The van der Waals surface area contributed by atoms with Crippen LogP contribution in [-0.2, 0) is 26.2 Å². The summed E-state index contributed by atoms with van der Waals surface area (Å²) in [6.07, 6.45) is 1.12. The predicted molar refractivity (Wildman–Crippen MR) is 91.1 cm³/mol. The van der Waals surface area contributed by atoms with Crippen molar-refractivity contribution in [2.45, 2.75) is 31.5 Å². The van der Waals surface area contributed by atoms with Crippen LogP contribution < -0.4 is 0 Å². The Bertz CT molecular complexity index is 747. The summed E-state index contributed by atoms with van der Waals surface area (Å²) in [5.74, 6) is 0.564. The first-order valence-electron chi connectivity index (χ1n) is 7.66. The highest BCUT2D eigenvalue weighted by atomic mass is 35.5. The van der Waals surface area contributed by atoms with E-state index in [1.807, 2.05) is 18.2 Å². The fourth-order valence-corrected chi connectivity index (χ4v) is 7.13. The second-order valence-corrected chi connectivity index (χ2v) is 11.2. The van der Waals surface area contributed by atoms with Crippen molar-refractivity contribution in [2.75, 3.05) is 23.0 Å². The van der Waals surface area contributed by atoms with E-state index in [2.05, 4.69) is 4.90 Å². The van der Waals surface area contributed by atoms with Gasteiger partial charge < -0.3 is 0 Å². The number of rotatable bonds is 4. The predicted octanol–water partition coefficient (Wildman–Crippen LogP) is 1.52. The minimum atomic E-state index is -3.03. The first-order chi connectivity index (χ1) is 10.8. The maximum atomic E-state index is 11.8. The van der Waals surface area contributed by atoms with E-state index in [9.17, 15) is 16.8 Å². The van der Waals surface area contributed by atoms with Crippen LogP contribution in [0.2, 0.25) is 5.02 Å². The van der Waals surface area contributed by atoms with E-state index >= 15 is 0 Å². The number of benzene rings is 1. The summed E-state index contributed by atoms with van der Waals surface area (Å²) in [6.45, 7) is 0.486. The van der Waals surface area contributed by atoms with Crippen LogP contribution in [0.25, 0.3) is 0 Å². The van der Waals surface area contributed by atoms with Gasteiger partial charge >= 0.3 is 0 Å². The van der Waals surface area contributed by atoms with Crippen molar-refractivity contribution in [3.05, 3.63) is 34.9 Å². The average Bonchev–Trinajstić information content (AvgIpc) is 3.00. The molecule has 1 aromatic carbocycles. The SMILES string of the molecule is O=S1(=O)CC[C@@H](N(Cc2ccccc2Cl)[C@H]2CCS(=O)(=O)C2)C1. The number of sulfone groups is 2. The molecule has 0 spiro atoms. The molecule has 0 aromatic heterocycles. The third kappa shape index (κ3) is 4.07.